The molecule has 2 saturated heterocycles. The van der Waals surface area contributed by atoms with Gasteiger partial charge in [-0.3, -0.25) is 4.79 Å². The number of urea groups is 1. The van der Waals surface area contributed by atoms with Gasteiger partial charge in [-0.1, -0.05) is 13.8 Å². The van der Waals surface area contributed by atoms with Crippen molar-refractivity contribution in [3.05, 3.63) is 34.4 Å². The summed E-state index contributed by atoms with van der Waals surface area (Å²) >= 11 is 0. The number of fused-ring (bicyclic) bond motifs is 3. The summed E-state index contributed by atoms with van der Waals surface area (Å²) < 4.78 is 23.3. The molecule has 10 nitrogen and oxygen atoms in total. The van der Waals surface area contributed by atoms with E-state index < -0.39 is 22.9 Å². The summed E-state index contributed by atoms with van der Waals surface area (Å²) in [6.45, 7) is 8.25. The molecule has 1 aromatic heterocycles. The van der Waals surface area contributed by atoms with Gasteiger partial charge in [0, 0.05) is 43.5 Å². The van der Waals surface area contributed by atoms with E-state index in [4.69, 9.17) is 18.6 Å². The van der Waals surface area contributed by atoms with Crippen LogP contribution in [0.4, 0.5) is 4.79 Å². The van der Waals surface area contributed by atoms with Gasteiger partial charge in [0.15, 0.2) is 0 Å². The van der Waals surface area contributed by atoms with E-state index in [-0.39, 0.29) is 52.7 Å². The second-order valence-corrected chi connectivity index (χ2v) is 13.9. The molecule has 0 unspecified atom stereocenters. The molecule has 1 aromatic rings. The highest BCUT2D eigenvalue weighted by molar-refractivity contribution is 5.74. The van der Waals surface area contributed by atoms with Gasteiger partial charge in [-0.15, -0.1) is 0 Å². The number of carbonyl (C=O) groups is 2. The highest BCUT2D eigenvalue weighted by atomic mass is 16.7. The number of carbonyl (C=O) groups excluding carboxylic acids is 2. The molecule has 7 rings (SSSR count). The van der Waals surface area contributed by atoms with Crippen LogP contribution in [0.1, 0.15) is 77.2 Å². The van der Waals surface area contributed by atoms with Crippen molar-refractivity contribution >= 4 is 12.0 Å². The van der Waals surface area contributed by atoms with Crippen molar-refractivity contribution in [1.29, 1.82) is 0 Å². The molecule has 4 saturated carbocycles. The smallest absolute Gasteiger partial charge is 0.335 e. The number of nitrogens with one attached hydrogen (secondary N) is 1. The number of amides is 2. The Kier molecular flexibility index (Phi) is 6.21. The van der Waals surface area contributed by atoms with Gasteiger partial charge < -0.3 is 34.0 Å². The lowest BCUT2D eigenvalue weighted by Gasteiger charge is -2.64. The monoisotopic (exact) mass is 570 g/mol. The topological polar surface area (TPSA) is 131 Å². The van der Waals surface area contributed by atoms with E-state index in [0.717, 1.165) is 37.7 Å². The van der Waals surface area contributed by atoms with Crippen LogP contribution in [-0.4, -0.2) is 77.8 Å². The zero-order valence-electron chi connectivity index (χ0n) is 24.2. The molecule has 3 heterocycles. The number of hydrogen-bond acceptors (Lipinski definition) is 8. The number of epoxide rings is 1. The molecular formula is C31H42N2O8. The summed E-state index contributed by atoms with van der Waals surface area (Å²) in [7, 11) is 0. The molecular weight excluding hydrogens is 528 g/mol. The van der Waals surface area contributed by atoms with Crippen LogP contribution < -0.4 is 10.9 Å². The third-order valence-electron chi connectivity index (χ3n) is 12.3. The summed E-state index contributed by atoms with van der Waals surface area (Å²) in [6.07, 6.45) is 6.31. The Bertz CT molecular complexity index is 1270. The quantitative estimate of drug-likeness (QED) is 0.419. The molecule has 224 valence electrons. The fourth-order valence-electron chi connectivity index (χ4n) is 10.3. The normalized spacial score (nSPS) is 46.4. The van der Waals surface area contributed by atoms with Crippen molar-refractivity contribution in [2.75, 3.05) is 26.3 Å². The Morgan fingerprint density at radius 3 is 2.49 bits per heavy atom. The molecule has 6 aliphatic rings. The van der Waals surface area contributed by atoms with Crippen molar-refractivity contribution < 1.29 is 33.3 Å². The lowest BCUT2D eigenvalue weighted by atomic mass is 9.42. The van der Waals surface area contributed by atoms with Gasteiger partial charge in [0.2, 0.25) is 0 Å². The predicted octanol–water partition coefficient (Wildman–Crippen LogP) is 2.96. The maximum Gasteiger partial charge on any atom is 0.335 e. The molecule has 4 aliphatic carbocycles. The van der Waals surface area contributed by atoms with Crippen LogP contribution in [0.5, 0.6) is 0 Å². The zero-order chi connectivity index (χ0) is 28.8. The van der Waals surface area contributed by atoms with Crippen molar-refractivity contribution in [1.82, 2.24) is 10.2 Å². The molecule has 6 fully saturated rings. The molecule has 41 heavy (non-hydrogen) atoms. The standard InChI is InChI=1S/C31H42N2O8/c1-18(34)40-25-24(19-4-5-23(35)39-17-19)29(3)10-7-21-22(31(29)26(25)41-31)8-11-30(37)16-20(6-9-28(21,30)2)32-27(36)33-12-14-38-15-13-33/h4-5,17,20-22,24-26,37H,6-16H2,1-3H3,(H,32,36)/t20-,21-,22+,24-,25+,26+,28+,29+,30-,31+/m0/s1. The number of hydrogen-bond donors (Lipinski definition) is 2. The molecule has 0 radical (unpaired) electrons. The maximum absolute atomic E-state index is 12.9. The molecule has 1 spiro atoms. The van der Waals surface area contributed by atoms with Gasteiger partial charge in [0.1, 0.15) is 17.8 Å². The van der Waals surface area contributed by atoms with Crippen LogP contribution in [0.15, 0.2) is 27.6 Å². The second kappa shape index (κ2) is 9.28. The summed E-state index contributed by atoms with van der Waals surface area (Å²) in [6, 6.07) is 3.11. The van der Waals surface area contributed by atoms with Crippen molar-refractivity contribution in [2.45, 2.75) is 101 Å². The fraction of sp³-hybridized carbons (Fsp3) is 0.774. The lowest BCUT2D eigenvalue weighted by molar-refractivity contribution is -0.214. The zero-order valence-corrected chi connectivity index (χ0v) is 24.2. The SMILES string of the molecule is CC(=O)O[C@H]1[C@H]2O[C@]23[C@@H]2CC[C@]4(O)C[C@@H](NC(=O)N5CCOCC5)CC[C@]4(C)[C@H]2CC[C@]3(C)[C@H]1c1ccc(=O)oc1. The Hall–Kier alpha value is -2.43. The van der Waals surface area contributed by atoms with E-state index in [1.165, 1.54) is 19.3 Å². The Balaban J connectivity index is 1.15. The number of nitrogens with zero attached hydrogens (tertiary/aromatic N) is 1. The summed E-state index contributed by atoms with van der Waals surface area (Å²) in [5.41, 5.74) is -1.49. The van der Waals surface area contributed by atoms with Gasteiger partial charge in [-0.05, 0) is 73.8 Å². The second-order valence-electron chi connectivity index (χ2n) is 13.9. The minimum Gasteiger partial charge on any atom is -0.459 e. The molecule has 2 N–H and O–H groups in total. The van der Waals surface area contributed by atoms with E-state index in [0.29, 0.717) is 39.1 Å². The summed E-state index contributed by atoms with van der Waals surface area (Å²) in [5.74, 6) is -0.0186. The number of rotatable bonds is 3. The number of aliphatic hydroxyl groups is 1. The molecule has 2 aliphatic heterocycles. The van der Waals surface area contributed by atoms with Crippen molar-refractivity contribution in [3.8, 4) is 0 Å². The van der Waals surface area contributed by atoms with Crippen LogP contribution >= 0.6 is 0 Å². The maximum atomic E-state index is 12.9. The first-order valence-corrected chi connectivity index (χ1v) is 15.3. The molecule has 2 amide bonds. The highest BCUT2D eigenvalue weighted by Gasteiger charge is 2.85. The molecule has 10 heteroatoms. The predicted molar refractivity (Wildman–Crippen MR) is 146 cm³/mol. The van der Waals surface area contributed by atoms with E-state index in [2.05, 4.69) is 19.2 Å². The van der Waals surface area contributed by atoms with Gasteiger partial charge in [0.25, 0.3) is 0 Å². The minimum atomic E-state index is -0.875. The first-order chi connectivity index (χ1) is 19.5. The fourth-order valence-corrected chi connectivity index (χ4v) is 10.3. The third kappa shape index (κ3) is 3.82. The molecule has 0 aromatic carbocycles. The van der Waals surface area contributed by atoms with Gasteiger partial charge in [0.05, 0.1) is 25.1 Å². The van der Waals surface area contributed by atoms with Gasteiger partial charge in [-0.25, -0.2) is 9.59 Å². The highest BCUT2D eigenvalue weighted by Crippen LogP contribution is 2.78. The first-order valence-electron chi connectivity index (χ1n) is 15.3. The number of morpholine rings is 1. The summed E-state index contributed by atoms with van der Waals surface area (Å²) in [5, 5.41) is 15.5. The van der Waals surface area contributed by atoms with Crippen molar-refractivity contribution in [2.24, 2.45) is 22.7 Å². The molecule has 10 atom stereocenters. The minimum absolute atomic E-state index is 0.0612. The number of ether oxygens (including phenoxy) is 3. The van der Waals surface area contributed by atoms with E-state index >= 15 is 0 Å². The first kappa shape index (κ1) is 27.4. The van der Waals surface area contributed by atoms with E-state index in [1.807, 2.05) is 0 Å². The van der Waals surface area contributed by atoms with Crippen LogP contribution in [0, 0.1) is 22.7 Å². The average Bonchev–Trinajstić information content (AvgIpc) is 3.65. The van der Waals surface area contributed by atoms with Crippen LogP contribution in [0.25, 0.3) is 0 Å². The summed E-state index contributed by atoms with van der Waals surface area (Å²) in [4.78, 5) is 38.7. The van der Waals surface area contributed by atoms with E-state index in [9.17, 15) is 19.5 Å². The Labute approximate surface area is 240 Å². The van der Waals surface area contributed by atoms with Gasteiger partial charge >= 0.3 is 17.6 Å². The van der Waals surface area contributed by atoms with Crippen LogP contribution in [-0.2, 0) is 19.0 Å². The third-order valence-corrected chi connectivity index (χ3v) is 12.3. The average molecular weight is 571 g/mol. The van der Waals surface area contributed by atoms with Crippen LogP contribution in [0.2, 0.25) is 0 Å². The Morgan fingerprint density at radius 2 is 1.78 bits per heavy atom. The Morgan fingerprint density at radius 1 is 1.05 bits per heavy atom. The number of esters is 1. The molecule has 0 bridgehead atoms. The largest absolute Gasteiger partial charge is 0.459 e. The van der Waals surface area contributed by atoms with E-state index in [1.54, 1.807) is 11.0 Å². The van der Waals surface area contributed by atoms with Crippen LogP contribution in [0.3, 0.4) is 0 Å². The van der Waals surface area contributed by atoms with Crippen molar-refractivity contribution in [3.63, 3.8) is 0 Å². The lowest BCUT2D eigenvalue weighted by Crippen LogP contribution is -2.66. The van der Waals surface area contributed by atoms with Gasteiger partial charge in [-0.2, -0.15) is 0 Å².